The van der Waals surface area contributed by atoms with E-state index < -0.39 is 0 Å². The van der Waals surface area contributed by atoms with Gasteiger partial charge in [-0.2, -0.15) is 0 Å². The molecule has 0 aromatic carbocycles. The smallest absolute Gasteiger partial charge is 0.0309 e. The topological polar surface area (TPSA) is 3.24 Å². The van der Waals surface area contributed by atoms with Crippen LogP contribution in [-0.2, 0) is 0 Å². The molecule has 0 unspecified atom stereocenters. The maximum atomic E-state index is 2.26. The lowest BCUT2D eigenvalue weighted by Gasteiger charge is -2.31. The lowest BCUT2D eigenvalue weighted by Crippen LogP contribution is -2.33. The van der Waals surface area contributed by atoms with E-state index in [2.05, 4.69) is 52.8 Å². The first-order valence-electron chi connectivity index (χ1n) is 4.28. The Morgan fingerprint density at radius 3 is 2.09 bits per heavy atom. The van der Waals surface area contributed by atoms with Gasteiger partial charge in [-0.25, -0.2) is 0 Å². The van der Waals surface area contributed by atoms with Crippen molar-refractivity contribution in [2.75, 3.05) is 7.05 Å². The Balaban J connectivity index is 4.17. The summed E-state index contributed by atoms with van der Waals surface area (Å²) in [5, 5.41) is 0. The van der Waals surface area contributed by atoms with Crippen LogP contribution in [0.25, 0.3) is 0 Å². The summed E-state index contributed by atoms with van der Waals surface area (Å²) in [6.45, 7) is 11.0. The molecule has 0 spiro atoms. The second-order valence-electron chi connectivity index (χ2n) is 4.11. The van der Waals surface area contributed by atoms with Gasteiger partial charge in [0.1, 0.15) is 0 Å². The highest BCUT2D eigenvalue weighted by Gasteiger charge is 2.12. The summed E-state index contributed by atoms with van der Waals surface area (Å²) in [6.07, 6.45) is 3.36. The fraction of sp³-hybridized carbons (Fsp3) is 0.800. The van der Waals surface area contributed by atoms with E-state index in [4.69, 9.17) is 0 Å². The van der Waals surface area contributed by atoms with Gasteiger partial charge in [0, 0.05) is 12.6 Å². The van der Waals surface area contributed by atoms with E-state index in [1.165, 1.54) is 5.57 Å². The fourth-order valence-corrected chi connectivity index (χ4v) is 0.616. The standard InChI is InChI=1S/C10H21N/c1-7-9(2)8-11(6)10(3,4)5/h8H,7H2,1-6H3/b9-8+. The van der Waals surface area contributed by atoms with Crippen LogP contribution in [-0.4, -0.2) is 17.5 Å². The average molecular weight is 155 g/mol. The Morgan fingerprint density at radius 1 is 1.36 bits per heavy atom. The molecule has 0 bridgehead atoms. The van der Waals surface area contributed by atoms with Gasteiger partial charge in [0.2, 0.25) is 0 Å². The highest BCUT2D eigenvalue weighted by atomic mass is 15.1. The van der Waals surface area contributed by atoms with E-state index in [0.717, 1.165) is 6.42 Å². The minimum Gasteiger partial charge on any atom is -0.376 e. The van der Waals surface area contributed by atoms with E-state index >= 15 is 0 Å². The molecule has 0 amide bonds. The fourth-order valence-electron chi connectivity index (χ4n) is 0.616. The van der Waals surface area contributed by atoms with Crippen molar-refractivity contribution in [1.29, 1.82) is 0 Å². The first-order valence-corrected chi connectivity index (χ1v) is 4.28. The second kappa shape index (κ2) is 3.80. The van der Waals surface area contributed by atoms with Crippen molar-refractivity contribution in [2.24, 2.45) is 0 Å². The molecule has 0 radical (unpaired) electrons. The molecular formula is C10H21N. The summed E-state index contributed by atoms with van der Waals surface area (Å²) in [5.74, 6) is 0. The highest BCUT2D eigenvalue weighted by molar-refractivity contribution is 4.98. The third kappa shape index (κ3) is 4.07. The van der Waals surface area contributed by atoms with E-state index in [9.17, 15) is 0 Å². The summed E-state index contributed by atoms with van der Waals surface area (Å²) >= 11 is 0. The zero-order valence-electron chi connectivity index (χ0n) is 8.73. The largest absolute Gasteiger partial charge is 0.376 e. The van der Waals surface area contributed by atoms with Gasteiger partial charge in [-0.1, -0.05) is 12.5 Å². The van der Waals surface area contributed by atoms with Crippen molar-refractivity contribution in [3.8, 4) is 0 Å². The van der Waals surface area contributed by atoms with Crippen LogP contribution in [0, 0.1) is 0 Å². The van der Waals surface area contributed by atoms with Crippen LogP contribution < -0.4 is 0 Å². The molecule has 0 N–H and O–H groups in total. The zero-order chi connectivity index (χ0) is 9.07. The molecule has 1 nitrogen and oxygen atoms in total. The van der Waals surface area contributed by atoms with Crippen LogP contribution in [0.4, 0.5) is 0 Å². The van der Waals surface area contributed by atoms with Crippen LogP contribution in [0.2, 0.25) is 0 Å². The van der Waals surface area contributed by atoms with Crippen LogP contribution in [0.15, 0.2) is 11.8 Å². The molecular weight excluding hydrogens is 134 g/mol. The predicted molar refractivity (Wildman–Crippen MR) is 51.6 cm³/mol. The molecule has 0 aromatic heterocycles. The predicted octanol–water partition coefficient (Wildman–Crippen LogP) is 3.03. The molecule has 0 aliphatic rings. The van der Waals surface area contributed by atoms with Gasteiger partial charge in [0.05, 0.1) is 0 Å². The third-order valence-electron chi connectivity index (χ3n) is 2.03. The van der Waals surface area contributed by atoms with E-state index in [-0.39, 0.29) is 5.54 Å². The third-order valence-corrected chi connectivity index (χ3v) is 2.03. The summed E-state index contributed by atoms with van der Waals surface area (Å²) in [4.78, 5) is 2.26. The van der Waals surface area contributed by atoms with Gasteiger partial charge >= 0.3 is 0 Å². The van der Waals surface area contributed by atoms with Crippen molar-refractivity contribution in [1.82, 2.24) is 4.90 Å². The van der Waals surface area contributed by atoms with Gasteiger partial charge in [0.25, 0.3) is 0 Å². The maximum Gasteiger partial charge on any atom is 0.0309 e. The molecule has 0 saturated heterocycles. The Morgan fingerprint density at radius 2 is 1.82 bits per heavy atom. The van der Waals surface area contributed by atoms with Crippen molar-refractivity contribution in [2.45, 2.75) is 46.6 Å². The van der Waals surface area contributed by atoms with Crippen LogP contribution in [0.3, 0.4) is 0 Å². The first kappa shape index (κ1) is 10.5. The first-order chi connectivity index (χ1) is 4.88. The van der Waals surface area contributed by atoms with E-state index in [0.29, 0.717) is 0 Å². The van der Waals surface area contributed by atoms with Crippen molar-refractivity contribution < 1.29 is 0 Å². The van der Waals surface area contributed by atoms with Crippen LogP contribution in [0.1, 0.15) is 41.0 Å². The molecule has 66 valence electrons. The number of hydrogen-bond donors (Lipinski definition) is 0. The molecule has 0 fully saturated rings. The lowest BCUT2D eigenvalue weighted by molar-refractivity contribution is 0.248. The van der Waals surface area contributed by atoms with Gasteiger partial charge in [0.15, 0.2) is 0 Å². The van der Waals surface area contributed by atoms with Gasteiger partial charge < -0.3 is 4.90 Å². The Hall–Kier alpha value is -0.460. The van der Waals surface area contributed by atoms with E-state index in [1.807, 2.05) is 0 Å². The van der Waals surface area contributed by atoms with E-state index in [1.54, 1.807) is 0 Å². The number of allylic oxidation sites excluding steroid dienone is 1. The van der Waals surface area contributed by atoms with Crippen molar-refractivity contribution in [3.63, 3.8) is 0 Å². The Kier molecular flexibility index (Phi) is 3.64. The maximum absolute atomic E-state index is 2.26. The van der Waals surface area contributed by atoms with Crippen molar-refractivity contribution in [3.05, 3.63) is 11.8 Å². The summed E-state index contributed by atoms with van der Waals surface area (Å²) in [5.41, 5.74) is 1.68. The second-order valence-corrected chi connectivity index (χ2v) is 4.11. The highest BCUT2D eigenvalue weighted by Crippen LogP contribution is 2.12. The van der Waals surface area contributed by atoms with Gasteiger partial charge in [-0.15, -0.1) is 0 Å². The quantitative estimate of drug-likeness (QED) is 0.592. The van der Waals surface area contributed by atoms with Crippen LogP contribution in [0.5, 0.6) is 0 Å². The molecule has 11 heavy (non-hydrogen) atoms. The molecule has 0 aliphatic heterocycles. The molecule has 0 rings (SSSR count). The number of nitrogens with zero attached hydrogens (tertiary/aromatic N) is 1. The van der Waals surface area contributed by atoms with Crippen LogP contribution >= 0.6 is 0 Å². The Bertz CT molecular complexity index is 139. The van der Waals surface area contributed by atoms with Gasteiger partial charge in [-0.05, 0) is 40.3 Å². The average Bonchev–Trinajstić information content (AvgIpc) is 1.85. The zero-order valence-corrected chi connectivity index (χ0v) is 8.73. The Labute approximate surface area is 71.1 Å². The normalized spacial score (nSPS) is 13.5. The summed E-state index contributed by atoms with van der Waals surface area (Å²) in [7, 11) is 2.12. The SMILES string of the molecule is CC/C(C)=C/N(C)C(C)(C)C. The number of rotatable bonds is 2. The monoisotopic (exact) mass is 155 g/mol. The van der Waals surface area contributed by atoms with Crippen molar-refractivity contribution >= 4 is 0 Å². The minimum atomic E-state index is 0.246. The minimum absolute atomic E-state index is 0.246. The van der Waals surface area contributed by atoms with Gasteiger partial charge in [-0.3, -0.25) is 0 Å². The molecule has 0 atom stereocenters. The summed E-state index contributed by atoms with van der Waals surface area (Å²) in [6, 6.07) is 0. The summed E-state index contributed by atoms with van der Waals surface area (Å²) < 4.78 is 0. The molecule has 0 saturated carbocycles. The molecule has 0 aromatic rings. The molecule has 0 aliphatic carbocycles. The number of hydrogen-bond acceptors (Lipinski definition) is 1. The molecule has 1 heteroatoms. The molecule has 0 heterocycles. The lowest BCUT2D eigenvalue weighted by atomic mass is 10.1.